The molecule has 0 heterocycles. The summed E-state index contributed by atoms with van der Waals surface area (Å²) >= 11 is -1.18. The Labute approximate surface area is 172 Å². The van der Waals surface area contributed by atoms with E-state index in [1.54, 1.807) is 0 Å². The van der Waals surface area contributed by atoms with Crippen LogP contribution in [0.25, 0.3) is 0 Å². The Morgan fingerprint density at radius 3 is 1.42 bits per heavy atom. The van der Waals surface area contributed by atoms with E-state index in [9.17, 15) is 4.79 Å². The first-order valence-electron chi connectivity index (χ1n) is 11.9. The van der Waals surface area contributed by atoms with Crippen LogP contribution >= 0.6 is 0 Å². The molecule has 156 valence electrons. The van der Waals surface area contributed by atoms with Gasteiger partial charge in [-0.25, -0.2) is 0 Å². The number of nitrogens with one attached hydrogen (secondary N) is 1. The van der Waals surface area contributed by atoms with Gasteiger partial charge in [-0.3, -0.25) is 0 Å². The van der Waals surface area contributed by atoms with E-state index in [1.165, 1.54) is 101 Å². The van der Waals surface area contributed by atoms with Crippen LogP contribution in [0, 0.1) is 0 Å². The second kappa shape index (κ2) is 21.6. The maximum atomic E-state index is 11.6. The van der Waals surface area contributed by atoms with Crippen LogP contribution in [0.1, 0.15) is 116 Å². The molecule has 0 aliphatic rings. The standard InChI is InChI=1S/C21H42NO.2CH3.Sn.H/c1-3-5-6-7-8-9-10-11-12-13-14-15-16-17-18-19-20-22-21(23)4-2;;;;/h2-20H2,1H3,(H,22,23);2*1H3;;. The average Bonchev–Trinajstić information content (AvgIpc) is 2.62. The van der Waals surface area contributed by atoms with Crippen LogP contribution in [-0.2, 0) is 4.79 Å². The second-order valence-electron chi connectivity index (χ2n) is 8.59. The van der Waals surface area contributed by atoms with Crippen molar-refractivity contribution >= 4 is 25.7 Å². The van der Waals surface area contributed by atoms with Gasteiger partial charge in [0.2, 0.25) is 0 Å². The zero-order chi connectivity index (χ0) is 19.3. The molecule has 26 heavy (non-hydrogen) atoms. The van der Waals surface area contributed by atoms with Gasteiger partial charge < -0.3 is 0 Å². The number of carbonyl (C=O) groups excluding carboxylic acids is 1. The van der Waals surface area contributed by atoms with Gasteiger partial charge >= 0.3 is 108 Å². The molecule has 0 aromatic heterocycles. The van der Waals surface area contributed by atoms with Gasteiger partial charge in [-0.1, -0.05) is 64.7 Å². The van der Waals surface area contributed by atoms with E-state index < -0.39 is 19.8 Å². The molecule has 0 saturated carbocycles. The summed E-state index contributed by atoms with van der Waals surface area (Å²) in [5.74, 6) is 0.288. The fourth-order valence-corrected chi connectivity index (χ4v) is 5.81. The van der Waals surface area contributed by atoms with Crippen molar-refractivity contribution in [1.82, 2.24) is 5.32 Å². The summed E-state index contributed by atoms with van der Waals surface area (Å²) in [5, 5.41) is 3.08. The summed E-state index contributed by atoms with van der Waals surface area (Å²) < 4.78 is 1.21. The number of unbranched alkanes of at least 4 members (excludes halogenated alkanes) is 15. The minimum absolute atomic E-state index is 0.288. The van der Waals surface area contributed by atoms with Gasteiger partial charge in [0.15, 0.2) is 0 Å². The Morgan fingerprint density at radius 2 is 1.04 bits per heavy atom. The second-order valence-corrected chi connectivity index (χ2v) is 18.2. The SMILES string of the molecule is CCCCCCCCCCCCCCCCCCNC(=O)C[CH2][SnH]([CH3])[CH3]. The molecule has 1 N–H and O–H groups in total. The Bertz CT molecular complexity index is 294. The van der Waals surface area contributed by atoms with Gasteiger partial charge in [0.25, 0.3) is 0 Å². The molecular weight excluding hydrogens is 425 g/mol. The number of carbonyl (C=O) groups is 1. The van der Waals surface area contributed by atoms with Gasteiger partial charge in [-0.15, -0.1) is 0 Å². The Kier molecular flexibility index (Phi) is 21.8. The van der Waals surface area contributed by atoms with E-state index in [-0.39, 0.29) is 5.91 Å². The molecule has 0 spiro atoms. The molecule has 0 saturated heterocycles. The molecule has 0 bridgehead atoms. The van der Waals surface area contributed by atoms with Crippen molar-refractivity contribution in [2.75, 3.05) is 6.54 Å². The first kappa shape index (κ1) is 26.3. The third-order valence-corrected chi connectivity index (χ3v) is 9.42. The summed E-state index contributed by atoms with van der Waals surface area (Å²) in [6, 6.07) is 0. The molecule has 0 radical (unpaired) electrons. The van der Waals surface area contributed by atoms with Crippen molar-refractivity contribution in [2.45, 2.75) is 130 Å². The summed E-state index contributed by atoms with van der Waals surface area (Å²) in [6.07, 6.45) is 23.2. The molecule has 0 aromatic carbocycles. The Morgan fingerprint density at radius 1 is 0.654 bits per heavy atom. The monoisotopic (exact) mass is 475 g/mol. The van der Waals surface area contributed by atoms with Crippen molar-refractivity contribution in [3.63, 3.8) is 0 Å². The number of rotatable bonds is 20. The fourth-order valence-electron chi connectivity index (χ4n) is 3.41. The van der Waals surface area contributed by atoms with Crippen molar-refractivity contribution in [3.8, 4) is 0 Å². The number of amides is 1. The van der Waals surface area contributed by atoms with Crippen LogP contribution in [0.5, 0.6) is 0 Å². The van der Waals surface area contributed by atoms with E-state index in [1.807, 2.05) is 0 Å². The summed E-state index contributed by atoms with van der Waals surface area (Å²) in [6.45, 7) is 3.18. The van der Waals surface area contributed by atoms with Gasteiger partial charge in [0.05, 0.1) is 0 Å². The van der Waals surface area contributed by atoms with Crippen molar-refractivity contribution in [2.24, 2.45) is 0 Å². The zero-order valence-corrected chi connectivity index (χ0v) is 21.7. The molecule has 0 unspecified atom stereocenters. The van der Waals surface area contributed by atoms with Crippen LogP contribution in [0.4, 0.5) is 0 Å². The van der Waals surface area contributed by atoms with Crippen LogP contribution in [0.2, 0.25) is 14.3 Å². The van der Waals surface area contributed by atoms with Gasteiger partial charge in [-0.05, 0) is 0 Å². The molecule has 0 rings (SSSR count). The zero-order valence-electron chi connectivity index (χ0n) is 18.4. The molecule has 0 aliphatic carbocycles. The van der Waals surface area contributed by atoms with E-state index in [0.717, 1.165) is 19.4 Å². The van der Waals surface area contributed by atoms with E-state index in [4.69, 9.17) is 0 Å². The molecule has 0 atom stereocenters. The Hall–Kier alpha value is 0.269. The van der Waals surface area contributed by atoms with E-state index >= 15 is 0 Å². The molecule has 0 aliphatic heterocycles. The third kappa shape index (κ3) is 22.3. The topological polar surface area (TPSA) is 29.1 Å². The van der Waals surface area contributed by atoms with Crippen LogP contribution < -0.4 is 5.32 Å². The first-order valence-corrected chi connectivity index (χ1v) is 20.9. The average molecular weight is 474 g/mol. The maximum absolute atomic E-state index is 11.6. The van der Waals surface area contributed by atoms with Gasteiger partial charge in [0, 0.05) is 0 Å². The van der Waals surface area contributed by atoms with Crippen molar-refractivity contribution in [3.05, 3.63) is 0 Å². The number of hydrogen-bond donors (Lipinski definition) is 1. The van der Waals surface area contributed by atoms with Gasteiger partial charge in [0.1, 0.15) is 0 Å². The number of hydrogen-bond acceptors (Lipinski definition) is 1. The van der Waals surface area contributed by atoms with E-state index in [0.29, 0.717) is 0 Å². The predicted molar refractivity (Wildman–Crippen MR) is 121 cm³/mol. The molecule has 3 heteroatoms. The van der Waals surface area contributed by atoms with Crippen LogP contribution in [-0.4, -0.2) is 32.2 Å². The molecule has 0 aromatic rings. The molecule has 2 nitrogen and oxygen atoms in total. The normalized spacial score (nSPS) is 11.2. The summed E-state index contributed by atoms with van der Waals surface area (Å²) in [5.41, 5.74) is 0. The fraction of sp³-hybridized carbons (Fsp3) is 0.957. The minimum atomic E-state index is -1.18. The first-order chi connectivity index (χ1) is 12.7. The molecule has 1 amide bonds. The summed E-state index contributed by atoms with van der Waals surface area (Å²) in [7, 11) is 0. The van der Waals surface area contributed by atoms with Crippen LogP contribution in [0.15, 0.2) is 0 Å². The predicted octanol–water partition coefficient (Wildman–Crippen LogP) is 7.24. The molecular formula is C23H49NOSn. The third-order valence-electron chi connectivity index (χ3n) is 5.30. The quantitative estimate of drug-likeness (QED) is 0.146. The Balaban J connectivity index is 3.08. The van der Waals surface area contributed by atoms with Crippen molar-refractivity contribution < 1.29 is 4.79 Å². The van der Waals surface area contributed by atoms with Crippen LogP contribution in [0.3, 0.4) is 0 Å². The summed E-state index contributed by atoms with van der Waals surface area (Å²) in [4.78, 5) is 16.4. The van der Waals surface area contributed by atoms with Gasteiger partial charge in [-0.2, -0.15) is 0 Å². The molecule has 0 fully saturated rings. The van der Waals surface area contributed by atoms with E-state index in [2.05, 4.69) is 22.1 Å². The van der Waals surface area contributed by atoms with Crippen molar-refractivity contribution in [1.29, 1.82) is 0 Å².